The molecule has 0 radical (unpaired) electrons. The molecule has 2 aromatic heterocycles. The third-order valence-corrected chi connectivity index (χ3v) is 5.36. The van der Waals surface area contributed by atoms with Crippen molar-refractivity contribution in [2.75, 3.05) is 13.7 Å². The molecule has 3 aromatic rings. The summed E-state index contributed by atoms with van der Waals surface area (Å²) in [5, 5.41) is 2.90. The molecule has 1 N–H and O–H groups in total. The standard InChI is InChI=1S/C24H26N6O3/c1-16-11-26-19(14-25-16)22-18(23(31)28-12-17-7-4-3-5-8-17)13-27-21(29-22)15-30(2)24(32)20-9-6-10-33-20/h3-5,7-8,11,13-14,20H,6,9-10,12,15H2,1-2H3,(H,28,31)/t20-/m0/s1. The van der Waals surface area contributed by atoms with E-state index in [9.17, 15) is 9.59 Å². The van der Waals surface area contributed by atoms with Crippen molar-refractivity contribution in [3.63, 3.8) is 0 Å². The van der Waals surface area contributed by atoms with Crippen molar-refractivity contribution >= 4 is 11.8 Å². The molecule has 1 fully saturated rings. The van der Waals surface area contributed by atoms with Crippen molar-refractivity contribution in [2.24, 2.45) is 0 Å². The fraction of sp³-hybridized carbons (Fsp3) is 0.333. The van der Waals surface area contributed by atoms with Crippen LogP contribution >= 0.6 is 0 Å². The Morgan fingerprint density at radius 2 is 1.94 bits per heavy atom. The lowest BCUT2D eigenvalue weighted by Crippen LogP contribution is -2.36. The zero-order valence-corrected chi connectivity index (χ0v) is 18.7. The highest BCUT2D eigenvalue weighted by Gasteiger charge is 2.27. The minimum atomic E-state index is -0.416. The molecule has 33 heavy (non-hydrogen) atoms. The van der Waals surface area contributed by atoms with Gasteiger partial charge in [0.15, 0.2) is 0 Å². The van der Waals surface area contributed by atoms with Crippen LogP contribution in [0.3, 0.4) is 0 Å². The maximum Gasteiger partial charge on any atom is 0.255 e. The van der Waals surface area contributed by atoms with Gasteiger partial charge in [-0.2, -0.15) is 0 Å². The van der Waals surface area contributed by atoms with Gasteiger partial charge in [0.25, 0.3) is 11.8 Å². The molecule has 0 saturated carbocycles. The zero-order chi connectivity index (χ0) is 23.2. The molecule has 0 spiro atoms. The average molecular weight is 447 g/mol. The van der Waals surface area contributed by atoms with E-state index in [0.29, 0.717) is 35.9 Å². The van der Waals surface area contributed by atoms with Crippen LogP contribution in [0.1, 0.15) is 40.3 Å². The Morgan fingerprint density at radius 1 is 1.12 bits per heavy atom. The second kappa shape index (κ2) is 10.3. The molecule has 0 bridgehead atoms. The summed E-state index contributed by atoms with van der Waals surface area (Å²) < 4.78 is 5.49. The third kappa shape index (κ3) is 5.56. The number of benzene rings is 1. The minimum absolute atomic E-state index is 0.0996. The fourth-order valence-electron chi connectivity index (χ4n) is 3.55. The van der Waals surface area contributed by atoms with Gasteiger partial charge in [-0.3, -0.25) is 19.6 Å². The Hall–Kier alpha value is -3.72. The number of hydrogen-bond donors (Lipinski definition) is 1. The molecule has 9 nitrogen and oxygen atoms in total. The van der Waals surface area contributed by atoms with Crippen molar-refractivity contribution in [1.82, 2.24) is 30.2 Å². The number of rotatable bonds is 7. The molecule has 0 unspecified atom stereocenters. The van der Waals surface area contributed by atoms with Gasteiger partial charge in [-0.05, 0) is 25.3 Å². The first kappa shape index (κ1) is 22.5. The van der Waals surface area contributed by atoms with Gasteiger partial charge in [-0.25, -0.2) is 9.97 Å². The van der Waals surface area contributed by atoms with Crippen LogP contribution in [-0.4, -0.2) is 56.4 Å². The summed E-state index contributed by atoms with van der Waals surface area (Å²) in [6.45, 7) is 3.00. The lowest BCUT2D eigenvalue weighted by molar-refractivity contribution is -0.140. The average Bonchev–Trinajstić information content (AvgIpc) is 3.38. The topological polar surface area (TPSA) is 110 Å². The number of carbonyl (C=O) groups is 2. The van der Waals surface area contributed by atoms with Gasteiger partial charge in [-0.1, -0.05) is 30.3 Å². The Balaban J connectivity index is 1.57. The summed E-state index contributed by atoms with van der Waals surface area (Å²) in [6.07, 6.45) is 5.86. The summed E-state index contributed by atoms with van der Waals surface area (Å²) in [6, 6.07) is 9.63. The maximum absolute atomic E-state index is 13.0. The highest BCUT2D eigenvalue weighted by molar-refractivity contribution is 5.99. The first-order chi connectivity index (χ1) is 16.0. The molecule has 170 valence electrons. The van der Waals surface area contributed by atoms with Crippen LogP contribution in [0, 0.1) is 6.92 Å². The number of ether oxygens (including phenoxy) is 1. The Kier molecular flexibility index (Phi) is 6.99. The number of likely N-dealkylation sites (N-methyl/N-ethyl adjacent to an activating group) is 1. The van der Waals surface area contributed by atoms with Crippen molar-refractivity contribution < 1.29 is 14.3 Å². The van der Waals surface area contributed by atoms with Crippen LogP contribution < -0.4 is 5.32 Å². The number of carbonyl (C=O) groups excluding carboxylic acids is 2. The van der Waals surface area contributed by atoms with Crippen molar-refractivity contribution in [1.29, 1.82) is 0 Å². The number of aryl methyl sites for hydroxylation is 1. The Morgan fingerprint density at radius 3 is 2.64 bits per heavy atom. The van der Waals surface area contributed by atoms with Gasteiger partial charge in [0.1, 0.15) is 23.3 Å². The van der Waals surface area contributed by atoms with Crippen LogP contribution in [0.25, 0.3) is 11.4 Å². The lowest BCUT2D eigenvalue weighted by Gasteiger charge is -2.20. The SMILES string of the molecule is Cc1cnc(-c2nc(CN(C)C(=O)[C@@H]3CCCO3)ncc2C(=O)NCc2ccccc2)cn1. The maximum atomic E-state index is 13.0. The van der Waals surface area contributed by atoms with Crippen LogP contribution in [0.4, 0.5) is 0 Å². The van der Waals surface area contributed by atoms with E-state index in [0.717, 1.165) is 24.1 Å². The van der Waals surface area contributed by atoms with Gasteiger partial charge >= 0.3 is 0 Å². The summed E-state index contributed by atoms with van der Waals surface area (Å²) in [4.78, 5) is 44.7. The molecule has 1 aliphatic heterocycles. The molecule has 4 rings (SSSR count). The summed E-state index contributed by atoms with van der Waals surface area (Å²) in [7, 11) is 1.69. The van der Waals surface area contributed by atoms with Crippen LogP contribution in [0.5, 0.6) is 0 Å². The van der Waals surface area contributed by atoms with E-state index in [2.05, 4.69) is 25.3 Å². The van der Waals surface area contributed by atoms with Crippen molar-refractivity contribution in [2.45, 2.75) is 39.0 Å². The fourth-order valence-corrected chi connectivity index (χ4v) is 3.55. The monoisotopic (exact) mass is 446 g/mol. The summed E-state index contributed by atoms with van der Waals surface area (Å²) in [5.74, 6) is -0.00939. The van der Waals surface area contributed by atoms with Crippen LogP contribution in [-0.2, 0) is 22.6 Å². The Labute approximate surface area is 192 Å². The Bertz CT molecular complexity index is 1110. The van der Waals surface area contributed by atoms with E-state index in [1.807, 2.05) is 37.3 Å². The predicted molar refractivity (Wildman–Crippen MR) is 121 cm³/mol. The van der Waals surface area contributed by atoms with Gasteiger partial charge in [0, 0.05) is 32.6 Å². The van der Waals surface area contributed by atoms with Gasteiger partial charge in [0.05, 0.1) is 24.0 Å². The smallest absolute Gasteiger partial charge is 0.255 e. The third-order valence-electron chi connectivity index (χ3n) is 5.36. The first-order valence-corrected chi connectivity index (χ1v) is 10.8. The molecular formula is C24H26N6O3. The van der Waals surface area contributed by atoms with Crippen LogP contribution in [0.2, 0.25) is 0 Å². The molecule has 9 heteroatoms. The number of aromatic nitrogens is 4. The van der Waals surface area contributed by atoms with Gasteiger partial charge < -0.3 is 15.0 Å². The molecule has 1 atom stereocenters. The van der Waals surface area contributed by atoms with Crippen molar-refractivity contribution in [3.8, 4) is 11.4 Å². The van der Waals surface area contributed by atoms with E-state index in [1.165, 1.54) is 6.20 Å². The largest absolute Gasteiger partial charge is 0.368 e. The normalized spacial score (nSPS) is 15.3. The molecule has 1 aliphatic rings. The summed E-state index contributed by atoms with van der Waals surface area (Å²) >= 11 is 0. The number of amides is 2. The molecule has 2 amide bonds. The van der Waals surface area contributed by atoms with E-state index in [1.54, 1.807) is 24.3 Å². The van der Waals surface area contributed by atoms with E-state index in [-0.39, 0.29) is 18.4 Å². The minimum Gasteiger partial charge on any atom is -0.368 e. The predicted octanol–water partition coefficient (Wildman–Crippen LogP) is 2.31. The number of nitrogens with one attached hydrogen (secondary N) is 1. The molecule has 0 aliphatic carbocycles. The van der Waals surface area contributed by atoms with Crippen LogP contribution in [0.15, 0.2) is 48.9 Å². The lowest BCUT2D eigenvalue weighted by atomic mass is 10.1. The first-order valence-electron chi connectivity index (χ1n) is 10.8. The van der Waals surface area contributed by atoms with Gasteiger partial charge in [0.2, 0.25) is 0 Å². The molecule has 3 heterocycles. The number of nitrogens with zero attached hydrogens (tertiary/aromatic N) is 5. The van der Waals surface area contributed by atoms with Gasteiger partial charge in [-0.15, -0.1) is 0 Å². The zero-order valence-electron chi connectivity index (χ0n) is 18.7. The molecule has 1 saturated heterocycles. The molecule has 1 aromatic carbocycles. The number of hydrogen-bond acceptors (Lipinski definition) is 7. The molecular weight excluding hydrogens is 420 g/mol. The van der Waals surface area contributed by atoms with E-state index in [4.69, 9.17) is 4.74 Å². The summed E-state index contributed by atoms with van der Waals surface area (Å²) in [5.41, 5.74) is 2.86. The highest BCUT2D eigenvalue weighted by atomic mass is 16.5. The second-order valence-electron chi connectivity index (χ2n) is 7.96. The van der Waals surface area contributed by atoms with Crippen molar-refractivity contribution in [3.05, 3.63) is 71.6 Å². The highest BCUT2D eigenvalue weighted by Crippen LogP contribution is 2.20. The second-order valence-corrected chi connectivity index (χ2v) is 7.96. The van der Waals surface area contributed by atoms with E-state index < -0.39 is 6.10 Å². The quantitative estimate of drug-likeness (QED) is 0.593. The van der Waals surface area contributed by atoms with E-state index >= 15 is 0 Å².